The number of carbonyl (C=O) groups excluding carboxylic acids is 1. The first-order valence-electron chi connectivity index (χ1n) is 9.04. The molecule has 0 N–H and O–H groups in total. The Morgan fingerprint density at radius 1 is 1.12 bits per heavy atom. The summed E-state index contributed by atoms with van der Waals surface area (Å²) in [5, 5.41) is 4.49. The number of aromatic nitrogens is 3. The Labute approximate surface area is 139 Å². The van der Waals surface area contributed by atoms with E-state index in [-0.39, 0.29) is 17.2 Å². The molecule has 2 aliphatic heterocycles. The van der Waals surface area contributed by atoms with E-state index < -0.39 is 11.1 Å². The van der Waals surface area contributed by atoms with Gasteiger partial charge in [-0.05, 0) is 38.0 Å². The normalized spacial score (nSPS) is 28.6. The fraction of sp³-hybridized carbons (Fsp3) is 0.765. The van der Waals surface area contributed by atoms with E-state index >= 15 is 0 Å². The van der Waals surface area contributed by atoms with Crippen LogP contribution in [0.15, 0.2) is 9.59 Å². The molecule has 24 heavy (non-hydrogen) atoms. The van der Waals surface area contributed by atoms with E-state index in [1.54, 1.807) is 4.57 Å². The molecule has 5 rings (SSSR count). The highest BCUT2D eigenvalue weighted by molar-refractivity contribution is 5.81. The van der Waals surface area contributed by atoms with Crippen LogP contribution in [0.2, 0.25) is 0 Å². The number of hydrogen-bond donors (Lipinski definition) is 0. The highest BCUT2D eigenvalue weighted by Gasteiger charge is 2.47. The summed E-state index contributed by atoms with van der Waals surface area (Å²) in [6, 6.07) is 0. The Morgan fingerprint density at radius 3 is 2.62 bits per heavy atom. The molecule has 1 spiro atoms. The van der Waals surface area contributed by atoms with Gasteiger partial charge in [-0.2, -0.15) is 5.10 Å². The van der Waals surface area contributed by atoms with Crippen LogP contribution in [0, 0.1) is 17.3 Å². The van der Waals surface area contributed by atoms with Crippen molar-refractivity contribution in [3.8, 4) is 0 Å². The standard InChI is InChI=1S/C17H22N4O3/c22-14(12-3-4-12)19-6-5-17(9-19)7-13-18-21(8-11-1-2-11)16(24)15(23)20(13)10-17/h11-12H,1-10H2/t17-/m1/s1. The quantitative estimate of drug-likeness (QED) is 0.731. The molecule has 1 atom stereocenters. The van der Waals surface area contributed by atoms with Gasteiger partial charge in [0.1, 0.15) is 5.82 Å². The van der Waals surface area contributed by atoms with Gasteiger partial charge < -0.3 is 4.90 Å². The maximum Gasteiger partial charge on any atom is 0.332 e. The van der Waals surface area contributed by atoms with Crippen molar-refractivity contribution in [2.45, 2.75) is 51.6 Å². The van der Waals surface area contributed by atoms with Crippen molar-refractivity contribution in [1.29, 1.82) is 0 Å². The van der Waals surface area contributed by atoms with Gasteiger partial charge in [-0.1, -0.05) is 0 Å². The summed E-state index contributed by atoms with van der Waals surface area (Å²) >= 11 is 0. The van der Waals surface area contributed by atoms with E-state index in [0.717, 1.165) is 44.5 Å². The van der Waals surface area contributed by atoms with Crippen molar-refractivity contribution in [2.24, 2.45) is 17.3 Å². The van der Waals surface area contributed by atoms with Gasteiger partial charge in [0.15, 0.2) is 0 Å². The van der Waals surface area contributed by atoms with Crippen molar-refractivity contribution in [3.05, 3.63) is 26.5 Å². The lowest BCUT2D eigenvalue weighted by Gasteiger charge is -2.22. The van der Waals surface area contributed by atoms with Crippen LogP contribution in [-0.2, 0) is 24.3 Å². The third kappa shape index (κ3) is 2.24. The van der Waals surface area contributed by atoms with Crippen LogP contribution in [0.5, 0.6) is 0 Å². The number of hydrogen-bond acceptors (Lipinski definition) is 4. The highest BCUT2D eigenvalue weighted by Crippen LogP contribution is 2.41. The van der Waals surface area contributed by atoms with Gasteiger partial charge >= 0.3 is 11.1 Å². The molecule has 2 saturated carbocycles. The number of nitrogens with zero attached hydrogens (tertiary/aromatic N) is 4. The van der Waals surface area contributed by atoms with E-state index in [0.29, 0.717) is 32.0 Å². The summed E-state index contributed by atoms with van der Waals surface area (Å²) in [6.07, 6.45) is 5.87. The Hall–Kier alpha value is -1.92. The average Bonchev–Trinajstić information content (AvgIpc) is 3.49. The van der Waals surface area contributed by atoms with Gasteiger partial charge in [0, 0.05) is 43.9 Å². The second-order valence-electron chi connectivity index (χ2n) is 8.20. The SMILES string of the molecule is O=C(C1CC1)N1CC[C@@]2(Cc3nn(CC4CC4)c(=O)c(=O)n3C2)C1. The lowest BCUT2D eigenvalue weighted by atomic mass is 9.86. The molecule has 0 unspecified atom stereocenters. The molecule has 7 nitrogen and oxygen atoms in total. The minimum atomic E-state index is -0.494. The van der Waals surface area contributed by atoms with E-state index in [1.807, 2.05) is 4.90 Å². The lowest BCUT2D eigenvalue weighted by molar-refractivity contribution is -0.131. The Morgan fingerprint density at radius 2 is 1.92 bits per heavy atom. The predicted molar refractivity (Wildman–Crippen MR) is 85.5 cm³/mol. The fourth-order valence-corrected chi connectivity index (χ4v) is 4.26. The molecule has 128 valence electrons. The number of rotatable bonds is 3. The zero-order valence-electron chi connectivity index (χ0n) is 13.7. The van der Waals surface area contributed by atoms with Gasteiger partial charge in [-0.25, -0.2) is 4.68 Å². The van der Waals surface area contributed by atoms with Crippen LogP contribution in [0.3, 0.4) is 0 Å². The maximum atomic E-state index is 12.5. The van der Waals surface area contributed by atoms with Gasteiger partial charge in [-0.3, -0.25) is 19.0 Å². The van der Waals surface area contributed by atoms with Crippen molar-refractivity contribution in [3.63, 3.8) is 0 Å². The summed E-state index contributed by atoms with van der Waals surface area (Å²) < 4.78 is 2.95. The van der Waals surface area contributed by atoms with Crippen molar-refractivity contribution in [2.75, 3.05) is 13.1 Å². The number of carbonyl (C=O) groups is 1. The molecule has 0 aromatic carbocycles. The van der Waals surface area contributed by atoms with Crippen LogP contribution in [0.25, 0.3) is 0 Å². The minimum Gasteiger partial charge on any atom is -0.342 e. The van der Waals surface area contributed by atoms with Crippen molar-refractivity contribution < 1.29 is 4.79 Å². The zero-order chi connectivity index (χ0) is 16.5. The molecular formula is C17H22N4O3. The highest BCUT2D eigenvalue weighted by atomic mass is 16.2. The number of fused-ring (bicyclic) bond motifs is 1. The predicted octanol–water partition coefficient (Wildman–Crippen LogP) is -0.000200. The first-order chi connectivity index (χ1) is 11.5. The first kappa shape index (κ1) is 14.4. The summed E-state index contributed by atoms with van der Waals surface area (Å²) in [7, 11) is 0. The lowest BCUT2D eigenvalue weighted by Crippen LogP contribution is -2.43. The molecule has 3 fully saturated rings. The molecule has 1 aromatic rings. The summed E-state index contributed by atoms with van der Waals surface area (Å²) in [6.45, 7) is 2.57. The second kappa shape index (κ2) is 4.80. The van der Waals surface area contributed by atoms with Crippen LogP contribution >= 0.6 is 0 Å². The molecule has 7 heteroatoms. The van der Waals surface area contributed by atoms with Crippen molar-refractivity contribution in [1.82, 2.24) is 19.2 Å². The molecule has 3 heterocycles. The smallest absolute Gasteiger partial charge is 0.332 e. The second-order valence-corrected chi connectivity index (χ2v) is 8.20. The van der Waals surface area contributed by atoms with Crippen LogP contribution in [-0.4, -0.2) is 38.2 Å². The fourth-order valence-electron chi connectivity index (χ4n) is 4.26. The number of likely N-dealkylation sites (tertiary alicyclic amines) is 1. The molecule has 0 radical (unpaired) electrons. The Bertz CT molecular complexity index is 833. The van der Waals surface area contributed by atoms with Crippen LogP contribution in [0.4, 0.5) is 0 Å². The third-order valence-corrected chi connectivity index (χ3v) is 6.04. The summed E-state index contributed by atoms with van der Waals surface area (Å²) in [5.41, 5.74) is -1.04. The van der Waals surface area contributed by atoms with Crippen LogP contribution < -0.4 is 11.1 Å². The summed E-state index contributed by atoms with van der Waals surface area (Å²) in [5.74, 6) is 1.74. The molecule has 1 aromatic heterocycles. The zero-order valence-corrected chi connectivity index (χ0v) is 13.7. The van der Waals surface area contributed by atoms with Gasteiger partial charge in [-0.15, -0.1) is 0 Å². The molecule has 2 aliphatic carbocycles. The Kier molecular flexibility index (Phi) is 2.89. The van der Waals surface area contributed by atoms with Crippen LogP contribution in [0.1, 0.15) is 37.9 Å². The molecule has 1 saturated heterocycles. The maximum absolute atomic E-state index is 12.5. The minimum absolute atomic E-state index is 0.102. The van der Waals surface area contributed by atoms with E-state index in [9.17, 15) is 14.4 Å². The molecule has 4 aliphatic rings. The average molecular weight is 330 g/mol. The third-order valence-electron chi connectivity index (χ3n) is 6.04. The van der Waals surface area contributed by atoms with E-state index in [1.165, 1.54) is 4.68 Å². The first-order valence-corrected chi connectivity index (χ1v) is 9.04. The van der Waals surface area contributed by atoms with Gasteiger partial charge in [0.2, 0.25) is 5.91 Å². The number of amides is 1. The van der Waals surface area contributed by atoms with Gasteiger partial charge in [0.25, 0.3) is 0 Å². The van der Waals surface area contributed by atoms with E-state index in [2.05, 4.69) is 5.10 Å². The summed E-state index contributed by atoms with van der Waals surface area (Å²) in [4.78, 5) is 39.0. The van der Waals surface area contributed by atoms with E-state index in [4.69, 9.17) is 0 Å². The monoisotopic (exact) mass is 330 g/mol. The molecule has 1 amide bonds. The molecular weight excluding hydrogens is 308 g/mol. The van der Waals surface area contributed by atoms with Gasteiger partial charge in [0.05, 0.1) is 0 Å². The largest absolute Gasteiger partial charge is 0.342 e. The molecule has 0 bridgehead atoms. The Balaban J connectivity index is 1.42. The topological polar surface area (TPSA) is 77.2 Å². The van der Waals surface area contributed by atoms with Crippen molar-refractivity contribution >= 4 is 5.91 Å².